The van der Waals surface area contributed by atoms with Crippen molar-refractivity contribution < 1.29 is 22.0 Å². The topological polar surface area (TPSA) is 0 Å². The molecule has 0 rings (SSSR count). The van der Waals surface area contributed by atoms with Crippen molar-refractivity contribution in [2.45, 2.75) is 31.4 Å². The molecule has 0 saturated heterocycles. The first kappa shape index (κ1) is 11.4. The quantitative estimate of drug-likeness (QED) is 0.469. The van der Waals surface area contributed by atoms with E-state index in [0.717, 1.165) is 0 Å². The minimum Gasteiger partial charge on any atom is -0.234 e. The largest absolute Gasteiger partial charge is 0.288 e. The van der Waals surface area contributed by atoms with E-state index in [9.17, 15) is 22.0 Å². The van der Waals surface area contributed by atoms with Crippen LogP contribution < -0.4 is 0 Å². The molecule has 0 heterocycles. The molecule has 72 valence electrons. The molecule has 0 saturated carbocycles. The molecular formula is C7H9F5. The maximum atomic E-state index is 12.4. The van der Waals surface area contributed by atoms with Gasteiger partial charge in [0.25, 0.3) is 11.8 Å². The fourth-order valence-electron chi connectivity index (χ4n) is 0.667. The van der Waals surface area contributed by atoms with Gasteiger partial charge in [0.15, 0.2) is 0 Å². The van der Waals surface area contributed by atoms with Crippen molar-refractivity contribution in [2.75, 3.05) is 0 Å². The molecule has 0 spiro atoms. The molecular weight excluding hydrogens is 179 g/mol. The van der Waals surface area contributed by atoms with Gasteiger partial charge in [-0.25, -0.2) is 22.0 Å². The van der Waals surface area contributed by atoms with E-state index in [2.05, 4.69) is 6.58 Å². The van der Waals surface area contributed by atoms with Crippen LogP contribution in [0.1, 0.15) is 13.3 Å². The summed E-state index contributed by atoms with van der Waals surface area (Å²) >= 11 is 0. The van der Waals surface area contributed by atoms with Gasteiger partial charge in [0.2, 0.25) is 6.17 Å². The molecule has 0 radical (unpaired) electrons. The predicted molar refractivity (Wildman–Crippen MR) is 35.3 cm³/mol. The summed E-state index contributed by atoms with van der Waals surface area (Å²) < 4.78 is 61.2. The maximum Gasteiger partial charge on any atom is 0.288 e. The lowest BCUT2D eigenvalue weighted by Gasteiger charge is -2.23. The van der Waals surface area contributed by atoms with Gasteiger partial charge in [-0.2, -0.15) is 0 Å². The summed E-state index contributed by atoms with van der Waals surface area (Å²) in [6.07, 6.45) is -3.83. The molecule has 0 amide bonds. The molecule has 0 aromatic heterocycles. The number of rotatable bonds is 4. The maximum absolute atomic E-state index is 12.4. The first-order chi connectivity index (χ1) is 5.22. The average Bonchev–Trinajstić information content (AvgIpc) is 1.84. The third kappa shape index (κ3) is 2.79. The van der Waals surface area contributed by atoms with Crippen LogP contribution in [0, 0.1) is 0 Å². The first-order valence-electron chi connectivity index (χ1n) is 3.22. The summed E-state index contributed by atoms with van der Waals surface area (Å²) in [4.78, 5) is 0. The van der Waals surface area contributed by atoms with Crippen molar-refractivity contribution in [3.63, 3.8) is 0 Å². The number of allylic oxidation sites excluding steroid dienone is 1. The van der Waals surface area contributed by atoms with E-state index >= 15 is 0 Å². The third-order valence-corrected chi connectivity index (χ3v) is 1.23. The SMILES string of the molecule is C=CCC(F)(F)C(F)C(C)(F)F. The first-order valence-corrected chi connectivity index (χ1v) is 3.22. The Hall–Kier alpha value is -0.610. The van der Waals surface area contributed by atoms with Gasteiger partial charge in [-0.3, -0.25) is 0 Å². The molecule has 0 fully saturated rings. The molecule has 0 nitrogen and oxygen atoms in total. The second-order valence-corrected chi connectivity index (χ2v) is 2.57. The van der Waals surface area contributed by atoms with Crippen molar-refractivity contribution in [2.24, 2.45) is 0 Å². The Morgan fingerprint density at radius 3 is 2.00 bits per heavy atom. The van der Waals surface area contributed by atoms with Crippen molar-refractivity contribution in [3.05, 3.63) is 12.7 Å². The standard InChI is InChI=1S/C7H9F5/c1-3-4-7(11,12)5(8)6(2,9)10/h3,5H,1,4H2,2H3. The van der Waals surface area contributed by atoms with Gasteiger partial charge in [0.05, 0.1) is 0 Å². The molecule has 0 aromatic rings. The van der Waals surface area contributed by atoms with Crippen LogP contribution in [0.5, 0.6) is 0 Å². The van der Waals surface area contributed by atoms with Crippen LogP contribution in [-0.4, -0.2) is 18.0 Å². The lowest BCUT2D eigenvalue weighted by atomic mass is 10.1. The monoisotopic (exact) mass is 188 g/mol. The van der Waals surface area contributed by atoms with Gasteiger partial charge in [0, 0.05) is 13.3 Å². The summed E-state index contributed by atoms with van der Waals surface area (Å²) in [5.74, 6) is -8.06. The van der Waals surface area contributed by atoms with Crippen LogP contribution in [0.2, 0.25) is 0 Å². The molecule has 0 aromatic carbocycles. The highest BCUT2D eigenvalue weighted by atomic mass is 19.3. The van der Waals surface area contributed by atoms with Gasteiger partial charge >= 0.3 is 0 Å². The molecule has 1 atom stereocenters. The Morgan fingerprint density at radius 1 is 1.33 bits per heavy atom. The van der Waals surface area contributed by atoms with Gasteiger partial charge < -0.3 is 0 Å². The highest BCUT2D eigenvalue weighted by Crippen LogP contribution is 2.35. The molecule has 0 aliphatic carbocycles. The number of hydrogen-bond acceptors (Lipinski definition) is 0. The van der Waals surface area contributed by atoms with Crippen molar-refractivity contribution in [1.82, 2.24) is 0 Å². The molecule has 5 heteroatoms. The summed E-state index contributed by atoms with van der Waals surface area (Å²) in [7, 11) is 0. The van der Waals surface area contributed by atoms with Crippen LogP contribution in [0.4, 0.5) is 22.0 Å². The zero-order chi connectivity index (χ0) is 9.99. The zero-order valence-electron chi connectivity index (χ0n) is 6.46. The smallest absolute Gasteiger partial charge is 0.234 e. The van der Waals surface area contributed by atoms with Gasteiger partial charge in [-0.1, -0.05) is 6.08 Å². The molecule has 0 bridgehead atoms. The van der Waals surface area contributed by atoms with Gasteiger partial charge in [-0.15, -0.1) is 6.58 Å². The Balaban J connectivity index is 4.44. The third-order valence-electron chi connectivity index (χ3n) is 1.23. The van der Waals surface area contributed by atoms with Crippen LogP contribution in [-0.2, 0) is 0 Å². The van der Waals surface area contributed by atoms with Crippen LogP contribution in [0.25, 0.3) is 0 Å². The highest BCUT2D eigenvalue weighted by molar-refractivity contribution is 4.90. The van der Waals surface area contributed by atoms with Gasteiger partial charge in [0.1, 0.15) is 0 Å². The Bertz CT molecular complexity index is 158. The second kappa shape index (κ2) is 3.41. The van der Waals surface area contributed by atoms with Crippen LogP contribution in [0.3, 0.4) is 0 Å². The molecule has 12 heavy (non-hydrogen) atoms. The minimum absolute atomic E-state index is 0.120. The lowest BCUT2D eigenvalue weighted by Crippen LogP contribution is -2.41. The predicted octanol–water partition coefficient (Wildman–Crippen LogP) is 3.19. The van der Waals surface area contributed by atoms with E-state index in [1.54, 1.807) is 0 Å². The minimum atomic E-state index is -4.04. The summed E-state index contributed by atoms with van der Waals surface area (Å²) in [5.41, 5.74) is 0. The highest BCUT2D eigenvalue weighted by Gasteiger charge is 2.51. The second-order valence-electron chi connectivity index (χ2n) is 2.57. The van der Waals surface area contributed by atoms with Crippen LogP contribution >= 0.6 is 0 Å². The number of halogens is 5. The van der Waals surface area contributed by atoms with E-state index in [1.807, 2.05) is 0 Å². The van der Waals surface area contributed by atoms with E-state index in [-0.39, 0.29) is 6.92 Å². The normalized spacial score (nSPS) is 15.8. The molecule has 0 aliphatic heterocycles. The van der Waals surface area contributed by atoms with Crippen molar-refractivity contribution in [3.8, 4) is 0 Å². The van der Waals surface area contributed by atoms with Crippen LogP contribution in [0.15, 0.2) is 12.7 Å². The lowest BCUT2D eigenvalue weighted by molar-refractivity contribution is -0.170. The fourth-order valence-corrected chi connectivity index (χ4v) is 0.667. The molecule has 1 unspecified atom stereocenters. The van der Waals surface area contributed by atoms with Gasteiger partial charge in [-0.05, 0) is 0 Å². The van der Waals surface area contributed by atoms with E-state index in [1.165, 1.54) is 0 Å². The van der Waals surface area contributed by atoms with E-state index in [0.29, 0.717) is 6.08 Å². The zero-order valence-corrected chi connectivity index (χ0v) is 6.46. The number of hydrogen-bond donors (Lipinski definition) is 0. The average molecular weight is 188 g/mol. The Labute approximate surface area is 67.1 Å². The summed E-state index contributed by atoms with van der Waals surface area (Å²) in [6, 6.07) is 0. The van der Waals surface area contributed by atoms with Crippen molar-refractivity contribution >= 4 is 0 Å². The molecule has 0 N–H and O–H groups in total. The summed E-state index contributed by atoms with van der Waals surface area (Å²) in [5, 5.41) is 0. The number of alkyl halides is 5. The summed E-state index contributed by atoms with van der Waals surface area (Å²) in [6.45, 7) is 3.04. The fraction of sp³-hybridized carbons (Fsp3) is 0.714. The van der Waals surface area contributed by atoms with E-state index in [4.69, 9.17) is 0 Å². The Kier molecular flexibility index (Phi) is 3.24. The van der Waals surface area contributed by atoms with Crippen molar-refractivity contribution in [1.29, 1.82) is 0 Å². The van der Waals surface area contributed by atoms with E-state index < -0.39 is 24.4 Å². The Morgan fingerprint density at radius 2 is 1.75 bits per heavy atom. The molecule has 0 aliphatic rings.